The number of likely N-dealkylation sites (N-methyl/N-ethyl adjacent to an activating group) is 2. The van der Waals surface area contributed by atoms with Crippen LogP contribution in [0.1, 0.15) is 36.8 Å². The molecule has 1 fully saturated rings. The molecule has 2 aliphatic rings. The second kappa shape index (κ2) is 12.1. The lowest BCUT2D eigenvalue weighted by Crippen LogP contribution is -2.47. The molecule has 2 amide bonds. The Labute approximate surface area is 214 Å². The molecule has 0 atom stereocenters. The van der Waals surface area contributed by atoms with Crippen LogP contribution in [-0.4, -0.2) is 101 Å². The average molecular weight is 523 g/mol. The maximum atomic E-state index is 13.1. The molecule has 1 aromatic rings. The summed E-state index contributed by atoms with van der Waals surface area (Å²) in [5.74, 6) is -0.187. The van der Waals surface area contributed by atoms with Crippen molar-refractivity contribution in [3.05, 3.63) is 29.5 Å². The molecule has 0 spiro atoms. The first-order valence-corrected chi connectivity index (χ1v) is 13.6. The Balaban J connectivity index is 1.48. The van der Waals surface area contributed by atoms with E-state index in [4.69, 9.17) is 9.47 Å². The molecule has 36 heavy (non-hydrogen) atoms. The largest absolute Gasteiger partial charge is 0.497 e. The van der Waals surface area contributed by atoms with Crippen molar-refractivity contribution >= 4 is 27.9 Å². The Bertz CT molecular complexity index is 1080. The van der Waals surface area contributed by atoms with Gasteiger partial charge in [-0.1, -0.05) is 0 Å². The third kappa shape index (κ3) is 6.77. The maximum absolute atomic E-state index is 13.1. The maximum Gasteiger partial charge on any atom is 0.265 e. The minimum Gasteiger partial charge on any atom is -0.497 e. The number of rotatable bonds is 10. The van der Waals surface area contributed by atoms with Gasteiger partial charge in [0.25, 0.3) is 10.0 Å². The summed E-state index contributed by atoms with van der Waals surface area (Å²) >= 11 is 0. The molecule has 1 aliphatic carbocycles. The van der Waals surface area contributed by atoms with Crippen LogP contribution in [0.2, 0.25) is 0 Å². The molecule has 3 rings (SSSR count). The van der Waals surface area contributed by atoms with Gasteiger partial charge >= 0.3 is 0 Å². The van der Waals surface area contributed by atoms with Gasteiger partial charge in [0, 0.05) is 31.4 Å². The average Bonchev–Trinajstić information content (AvgIpc) is 2.83. The van der Waals surface area contributed by atoms with E-state index in [1.165, 1.54) is 13.3 Å². The second-order valence-corrected chi connectivity index (χ2v) is 11.4. The van der Waals surface area contributed by atoms with Crippen molar-refractivity contribution in [2.24, 2.45) is 0 Å². The van der Waals surface area contributed by atoms with E-state index < -0.39 is 22.5 Å². The van der Waals surface area contributed by atoms with E-state index in [0.29, 0.717) is 23.5 Å². The zero-order valence-electron chi connectivity index (χ0n) is 21.8. The third-order valence-corrected chi connectivity index (χ3v) is 8.65. The molecule has 0 radical (unpaired) electrons. The lowest BCUT2D eigenvalue weighted by Gasteiger charge is -2.35. The van der Waals surface area contributed by atoms with E-state index >= 15 is 0 Å². The van der Waals surface area contributed by atoms with E-state index in [0.717, 1.165) is 36.5 Å². The van der Waals surface area contributed by atoms with Crippen LogP contribution in [0.4, 0.5) is 0 Å². The van der Waals surface area contributed by atoms with Crippen LogP contribution in [0.15, 0.2) is 23.2 Å². The molecule has 1 saturated carbocycles. The third-order valence-electron chi connectivity index (χ3n) is 6.71. The van der Waals surface area contributed by atoms with Crippen molar-refractivity contribution < 1.29 is 27.5 Å². The number of fused-ring (bicyclic) bond motifs is 1. The van der Waals surface area contributed by atoms with Crippen LogP contribution in [0, 0.1) is 6.92 Å². The van der Waals surface area contributed by atoms with Gasteiger partial charge in [0.1, 0.15) is 12.3 Å². The standard InChI is InChI=1S/C25H38N4O6S/c1-18-14-22(34-5)15-19-10-11-29(36(32,33)25(18)19)17-23(30)26-16-24(31)28(4)20-6-8-21(9-7-20)35-13-12-27(2)3/h10-11,14-15,20-21H,6-9,12-13,16-17H2,1-5H3,(H,26,30). The Hall–Kier alpha value is -2.63. The van der Waals surface area contributed by atoms with Crippen molar-refractivity contribution in [1.29, 1.82) is 0 Å². The van der Waals surface area contributed by atoms with Crippen molar-refractivity contribution in [3.8, 4) is 5.75 Å². The Kier molecular flexibility index (Phi) is 9.37. The van der Waals surface area contributed by atoms with Gasteiger partial charge in [0.2, 0.25) is 11.8 Å². The number of sulfonamides is 1. The van der Waals surface area contributed by atoms with E-state index in [2.05, 4.69) is 10.2 Å². The van der Waals surface area contributed by atoms with Gasteiger partial charge in [0.05, 0.1) is 31.3 Å². The summed E-state index contributed by atoms with van der Waals surface area (Å²) < 4.78 is 38.3. The number of hydrogen-bond acceptors (Lipinski definition) is 7. The lowest BCUT2D eigenvalue weighted by atomic mass is 9.92. The molecule has 0 aromatic heterocycles. The Morgan fingerprint density at radius 2 is 1.83 bits per heavy atom. The van der Waals surface area contributed by atoms with Crippen molar-refractivity contribution in [3.63, 3.8) is 0 Å². The molecule has 11 heteroatoms. The first-order valence-electron chi connectivity index (χ1n) is 12.2. The molecule has 0 unspecified atom stereocenters. The Morgan fingerprint density at radius 1 is 1.14 bits per heavy atom. The van der Waals surface area contributed by atoms with Gasteiger partial charge in [-0.3, -0.25) is 13.9 Å². The highest BCUT2D eigenvalue weighted by Gasteiger charge is 2.32. The number of nitrogens with zero attached hydrogens (tertiary/aromatic N) is 3. The predicted molar refractivity (Wildman–Crippen MR) is 137 cm³/mol. The fourth-order valence-electron chi connectivity index (χ4n) is 4.56. The SMILES string of the molecule is COc1cc(C)c2c(c1)C=CN(CC(=O)NCC(=O)N(C)C1CCC(OCCN(C)C)CC1)S2(=O)=O. The van der Waals surface area contributed by atoms with Crippen LogP contribution in [0.25, 0.3) is 6.08 Å². The number of nitrogens with one attached hydrogen (secondary N) is 1. The molecule has 1 heterocycles. The number of methoxy groups -OCH3 is 1. The van der Waals surface area contributed by atoms with Crippen LogP contribution < -0.4 is 10.1 Å². The summed E-state index contributed by atoms with van der Waals surface area (Å²) in [5.41, 5.74) is 1.05. The van der Waals surface area contributed by atoms with E-state index in [-0.39, 0.29) is 29.5 Å². The van der Waals surface area contributed by atoms with Crippen LogP contribution in [0.5, 0.6) is 5.75 Å². The highest BCUT2D eigenvalue weighted by atomic mass is 32.2. The number of amides is 2. The predicted octanol–water partition coefficient (Wildman–Crippen LogP) is 1.44. The van der Waals surface area contributed by atoms with Crippen LogP contribution in [-0.2, 0) is 24.3 Å². The lowest BCUT2D eigenvalue weighted by molar-refractivity contribution is -0.134. The molecule has 10 nitrogen and oxygen atoms in total. The highest BCUT2D eigenvalue weighted by molar-refractivity contribution is 7.89. The number of ether oxygens (including phenoxy) is 2. The molecule has 0 saturated heterocycles. The second-order valence-electron chi connectivity index (χ2n) is 9.61. The summed E-state index contributed by atoms with van der Waals surface area (Å²) in [5, 5.41) is 2.57. The van der Waals surface area contributed by atoms with Gasteiger partial charge in [-0.15, -0.1) is 0 Å². The summed E-state index contributed by atoms with van der Waals surface area (Å²) in [6, 6.07) is 3.39. The topological polar surface area (TPSA) is 108 Å². The molecule has 1 aromatic carbocycles. The van der Waals surface area contributed by atoms with Gasteiger partial charge in [-0.05, 0) is 70.5 Å². The molecule has 200 valence electrons. The molecular weight excluding hydrogens is 484 g/mol. The van der Waals surface area contributed by atoms with Gasteiger partial charge < -0.3 is 24.6 Å². The van der Waals surface area contributed by atoms with Gasteiger partial charge in [-0.2, -0.15) is 0 Å². The quantitative estimate of drug-likeness (QED) is 0.495. The van der Waals surface area contributed by atoms with Crippen molar-refractivity contribution in [2.75, 3.05) is 54.5 Å². The minimum atomic E-state index is -3.90. The summed E-state index contributed by atoms with van der Waals surface area (Å²) in [7, 11) is 3.39. The zero-order chi connectivity index (χ0) is 26.5. The first kappa shape index (κ1) is 27.9. The molecule has 1 aliphatic heterocycles. The summed E-state index contributed by atoms with van der Waals surface area (Å²) in [4.78, 5) is 29.1. The number of carbonyl (C=O) groups excluding carboxylic acids is 2. The zero-order valence-corrected chi connectivity index (χ0v) is 22.6. The fourth-order valence-corrected chi connectivity index (χ4v) is 6.19. The molecule has 0 bridgehead atoms. The van der Waals surface area contributed by atoms with E-state index in [1.54, 1.807) is 37.1 Å². The summed E-state index contributed by atoms with van der Waals surface area (Å²) in [6.07, 6.45) is 6.72. The van der Waals surface area contributed by atoms with Crippen molar-refractivity contribution in [1.82, 2.24) is 19.4 Å². The normalized spacial score (nSPS) is 20.7. The van der Waals surface area contributed by atoms with E-state index in [1.807, 2.05) is 14.1 Å². The molecule has 1 N–H and O–H groups in total. The number of benzene rings is 1. The van der Waals surface area contributed by atoms with Gasteiger partial charge in [0.15, 0.2) is 0 Å². The van der Waals surface area contributed by atoms with Gasteiger partial charge in [-0.25, -0.2) is 8.42 Å². The smallest absolute Gasteiger partial charge is 0.265 e. The fraction of sp³-hybridized carbons (Fsp3) is 0.600. The highest BCUT2D eigenvalue weighted by Crippen LogP contribution is 2.33. The van der Waals surface area contributed by atoms with Crippen LogP contribution >= 0.6 is 0 Å². The Morgan fingerprint density at radius 3 is 2.47 bits per heavy atom. The number of carbonyl (C=O) groups is 2. The van der Waals surface area contributed by atoms with Crippen molar-refractivity contribution in [2.45, 2.75) is 49.6 Å². The van der Waals surface area contributed by atoms with Crippen LogP contribution in [0.3, 0.4) is 0 Å². The summed E-state index contributed by atoms with van der Waals surface area (Å²) in [6.45, 7) is 2.68. The molecular formula is C25H38N4O6S. The monoisotopic (exact) mass is 522 g/mol. The van der Waals surface area contributed by atoms with E-state index in [9.17, 15) is 18.0 Å². The number of aryl methyl sites for hydroxylation is 1. The number of hydrogen-bond donors (Lipinski definition) is 1. The minimum absolute atomic E-state index is 0.102. The first-order chi connectivity index (χ1) is 17.0.